The number of phenolic OH excluding ortho intramolecular Hbond substituents is 1. The second kappa shape index (κ2) is 5.44. The molecule has 1 N–H and O–H groups in total. The average molecular weight is 293 g/mol. The molecule has 2 aromatic carbocycles. The van der Waals surface area contributed by atoms with Gasteiger partial charge in [0.1, 0.15) is 22.5 Å². The number of rotatable bonds is 2. The van der Waals surface area contributed by atoms with E-state index in [1.807, 2.05) is 18.2 Å². The first-order valence-corrected chi connectivity index (χ1v) is 7.96. The Labute approximate surface area is 129 Å². The summed E-state index contributed by atoms with van der Waals surface area (Å²) in [5.41, 5.74) is 3.74. The largest absolute Gasteiger partial charge is 0.506 e. The lowest BCUT2D eigenvalue weighted by molar-refractivity contribution is 0.444. The van der Waals surface area contributed by atoms with Crippen molar-refractivity contribution in [2.75, 3.05) is 0 Å². The van der Waals surface area contributed by atoms with Crippen LogP contribution >= 0.6 is 0 Å². The van der Waals surface area contributed by atoms with Gasteiger partial charge in [-0.25, -0.2) is 0 Å². The Hall–Kier alpha value is -2.36. The van der Waals surface area contributed by atoms with E-state index in [0.29, 0.717) is 11.6 Å². The van der Waals surface area contributed by atoms with Crippen LogP contribution in [0.3, 0.4) is 0 Å². The summed E-state index contributed by atoms with van der Waals surface area (Å²) in [6, 6.07) is 13.5. The zero-order valence-electron chi connectivity index (χ0n) is 12.4. The monoisotopic (exact) mass is 293 g/mol. The van der Waals surface area contributed by atoms with E-state index in [-0.39, 0.29) is 5.75 Å². The van der Waals surface area contributed by atoms with Crippen molar-refractivity contribution in [3.63, 3.8) is 0 Å². The van der Waals surface area contributed by atoms with Crippen LogP contribution in [-0.4, -0.2) is 20.1 Å². The van der Waals surface area contributed by atoms with Gasteiger partial charge in [0, 0.05) is 0 Å². The third-order valence-electron chi connectivity index (χ3n) is 4.58. The van der Waals surface area contributed by atoms with Crippen LogP contribution in [0.25, 0.3) is 16.7 Å². The Morgan fingerprint density at radius 2 is 1.68 bits per heavy atom. The molecule has 1 aliphatic carbocycles. The standard InChI is InChI=1S/C18H19N3O/c22-18-9-5-4-8-17(18)21-19-15-11-10-14(12-16(15)20-21)13-6-2-1-3-7-13/h4-5,8-13,22H,1-3,6-7H2. The summed E-state index contributed by atoms with van der Waals surface area (Å²) in [5.74, 6) is 0.851. The normalized spacial score (nSPS) is 16.2. The topological polar surface area (TPSA) is 50.9 Å². The molecule has 22 heavy (non-hydrogen) atoms. The zero-order chi connectivity index (χ0) is 14.9. The van der Waals surface area contributed by atoms with E-state index >= 15 is 0 Å². The molecule has 1 heterocycles. The quantitative estimate of drug-likeness (QED) is 0.771. The van der Waals surface area contributed by atoms with Crippen molar-refractivity contribution in [1.29, 1.82) is 0 Å². The lowest BCUT2D eigenvalue weighted by Gasteiger charge is -2.21. The van der Waals surface area contributed by atoms with Crippen molar-refractivity contribution < 1.29 is 5.11 Å². The summed E-state index contributed by atoms with van der Waals surface area (Å²) in [6.07, 6.45) is 6.57. The minimum Gasteiger partial charge on any atom is -0.506 e. The minimum atomic E-state index is 0.190. The summed E-state index contributed by atoms with van der Waals surface area (Å²) < 4.78 is 0. The average Bonchev–Trinajstić information content (AvgIpc) is 2.99. The molecule has 0 atom stereocenters. The van der Waals surface area contributed by atoms with Gasteiger partial charge >= 0.3 is 0 Å². The highest BCUT2D eigenvalue weighted by Gasteiger charge is 2.17. The highest BCUT2D eigenvalue weighted by atomic mass is 16.3. The lowest BCUT2D eigenvalue weighted by Crippen LogP contribution is -2.04. The minimum absolute atomic E-state index is 0.190. The molecule has 3 aromatic rings. The number of benzene rings is 2. The van der Waals surface area contributed by atoms with Crippen molar-refractivity contribution in [3.05, 3.63) is 48.0 Å². The number of phenols is 1. The Balaban J connectivity index is 1.73. The maximum Gasteiger partial charge on any atom is 0.143 e. The molecule has 1 saturated carbocycles. The van der Waals surface area contributed by atoms with E-state index in [2.05, 4.69) is 22.3 Å². The van der Waals surface area contributed by atoms with Crippen LogP contribution in [0, 0.1) is 0 Å². The van der Waals surface area contributed by atoms with Gasteiger partial charge in [-0.2, -0.15) is 0 Å². The van der Waals surface area contributed by atoms with E-state index in [9.17, 15) is 5.11 Å². The fourth-order valence-electron chi connectivity index (χ4n) is 3.36. The van der Waals surface area contributed by atoms with E-state index < -0.39 is 0 Å². The highest BCUT2D eigenvalue weighted by molar-refractivity contribution is 5.75. The second-order valence-corrected chi connectivity index (χ2v) is 6.06. The summed E-state index contributed by atoms with van der Waals surface area (Å²) in [6.45, 7) is 0. The summed E-state index contributed by atoms with van der Waals surface area (Å²) in [5, 5.41) is 19.0. The molecule has 112 valence electrons. The summed E-state index contributed by atoms with van der Waals surface area (Å²) >= 11 is 0. The van der Waals surface area contributed by atoms with Gasteiger partial charge in [0.25, 0.3) is 0 Å². The number of hydrogen-bond acceptors (Lipinski definition) is 3. The fourth-order valence-corrected chi connectivity index (χ4v) is 3.36. The van der Waals surface area contributed by atoms with Gasteiger partial charge in [-0.15, -0.1) is 15.0 Å². The second-order valence-electron chi connectivity index (χ2n) is 6.06. The summed E-state index contributed by atoms with van der Waals surface area (Å²) in [7, 11) is 0. The number of hydrogen-bond donors (Lipinski definition) is 1. The molecule has 1 aromatic heterocycles. The first-order valence-electron chi connectivity index (χ1n) is 7.96. The van der Waals surface area contributed by atoms with Crippen molar-refractivity contribution in [3.8, 4) is 11.4 Å². The molecule has 0 amide bonds. The Morgan fingerprint density at radius 3 is 2.50 bits per heavy atom. The van der Waals surface area contributed by atoms with Gasteiger partial charge < -0.3 is 5.11 Å². The number of aromatic nitrogens is 3. The van der Waals surface area contributed by atoms with Crippen LogP contribution < -0.4 is 0 Å². The maximum absolute atomic E-state index is 9.95. The molecule has 0 bridgehead atoms. The fraction of sp³-hybridized carbons (Fsp3) is 0.333. The first-order chi connectivity index (χ1) is 10.8. The van der Waals surface area contributed by atoms with Crippen LogP contribution in [0.2, 0.25) is 0 Å². The lowest BCUT2D eigenvalue weighted by atomic mass is 9.84. The van der Waals surface area contributed by atoms with Crippen molar-refractivity contribution in [1.82, 2.24) is 15.0 Å². The molecule has 1 aliphatic rings. The highest BCUT2D eigenvalue weighted by Crippen LogP contribution is 2.33. The molecule has 1 fully saturated rings. The van der Waals surface area contributed by atoms with Gasteiger partial charge in [-0.05, 0) is 48.6 Å². The molecule has 4 nitrogen and oxygen atoms in total. The van der Waals surface area contributed by atoms with Crippen LogP contribution in [-0.2, 0) is 0 Å². The van der Waals surface area contributed by atoms with Crippen LogP contribution in [0.4, 0.5) is 0 Å². The van der Waals surface area contributed by atoms with E-state index in [1.54, 1.807) is 12.1 Å². The van der Waals surface area contributed by atoms with Crippen molar-refractivity contribution >= 4 is 11.0 Å². The van der Waals surface area contributed by atoms with Gasteiger partial charge in [-0.1, -0.05) is 37.5 Å². The van der Waals surface area contributed by atoms with Gasteiger partial charge in [0.2, 0.25) is 0 Å². The molecule has 0 radical (unpaired) electrons. The maximum atomic E-state index is 9.95. The Bertz CT molecular complexity index is 803. The van der Waals surface area contributed by atoms with Crippen LogP contribution in [0.15, 0.2) is 42.5 Å². The zero-order valence-corrected chi connectivity index (χ0v) is 12.4. The number of fused-ring (bicyclic) bond motifs is 1. The van der Waals surface area contributed by atoms with Gasteiger partial charge in [0.15, 0.2) is 0 Å². The smallest absolute Gasteiger partial charge is 0.143 e. The van der Waals surface area contributed by atoms with Crippen LogP contribution in [0.1, 0.15) is 43.6 Å². The van der Waals surface area contributed by atoms with E-state index in [4.69, 9.17) is 0 Å². The molecule has 4 rings (SSSR count). The molecular weight excluding hydrogens is 274 g/mol. The third kappa shape index (κ3) is 2.34. The van der Waals surface area contributed by atoms with Gasteiger partial charge in [-0.3, -0.25) is 0 Å². The molecule has 0 unspecified atom stereocenters. The molecule has 0 aliphatic heterocycles. The molecular formula is C18H19N3O. The van der Waals surface area contributed by atoms with Crippen molar-refractivity contribution in [2.45, 2.75) is 38.0 Å². The Morgan fingerprint density at radius 1 is 0.909 bits per heavy atom. The predicted molar refractivity (Wildman–Crippen MR) is 86.4 cm³/mol. The van der Waals surface area contributed by atoms with E-state index in [1.165, 1.54) is 42.5 Å². The summed E-state index contributed by atoms with van der Waals surface area (Å²) in [4.78, 5) is 1.52. The van der Waals surface area contributed by atoms with Crippen molar-refractivity contribution in [2.24, 2.45) is 0 Å². The predicted octanol–water partition coefficient (Wildman–Crippen LogP) is 4.17. The molecule has 4 heteroatoms. The molecule has 0 saturated heterocycles. The van der Waals surface area contributed by atoms with Gasteiger partial charge in [0.05, 0.1) is 0 Å². The third-order valence-corrected chi connectivity index (χ3v) is 4.58. The van der Waals surface area contributed by atoms with E-state index in [0.717, 1.165) is 11.0 Å². The number of aromatic hydroxyl groups is 1. The SMILES string of the molecule is Oc1ccccc1-n1nc2ccc(C3CCCCC3)cc2n1. The number of nitrogens with zero attached hydrogens (tertiary/aromatic N) is 3. The first kappa shape index (κ1) is 13.3. The number of para-hydroxylation sites is 2. The Kier molecular flexibility index (Phi) is 3.29. The van der Waals surface area contributed by atoms with Crippen LogP contribution in [0.5, 0.6) is 5.75 Å². The molecule has 0 spiro atoms.